The lowest BCUT2D eigenvalue weighted by Crippen LogP contribution is -2.49. The number of hydrogen-bond acceptors (Lipinski definition) is 2. The summed E-state index contributed by atoms with van der Waals surface area (Å²) in [6.45, 7) is 4.81. The van der Waals surface area contributed by atoms with Gasteiger partial charge in [0.2, 0.25) is 11.8 Å². The van der Waals surface area contributed by atoms with Crippen molar-refractivity contribution in [3.63, 3.8) is 0 Å². The number of rotatable bonds is 8. The van der Waals surface area contributed by atoms with E-state index in [4.69, 9.17) is 0 Å². The third-order valence-electron chi connectivity index (χ3n) is 4.13. The van der Waals surface area contributed by atoms with E-state index in [1.54, 1.807) is 4.90 Å². The Balaban J connectivity index is 2.23. The van der Waals surface area contributed by atoms with Gasteiger partial charge in [0, 0.05) is 13.1 Å². The molecule has 0 aliphatic heterocycles. The van der Waals surface area contributed by atoms with Crippen LogP contribution in [0, 0.1) is 0 Å². The van der Waals surface area contributed by atoms with Crippen molar-refractivity contribution in [2.75, 3.05) is 6.54 Å². The van der Waals surface area contributed by atoms with E-state index in [1.165, 1.54) is 0 Å². The molecule has 0 saturated carbocycles. The van der Waals surface area contributed by atoms with Crippen molar-refractivity contribution in [2.24, 2.45) is 0 Å². The van der Waals surface area contributed by atoms with Crippen molar-refractivity contribution < 1.29 is 9.59 Å². The van der Waals surface area contributed by atoms with Gasteiger partial charge in [0.1, 0.15) is 6.04 Å². The van der Waals surface area contributed by atoms with Crippen LogP contribution in [0.5, 0.6) is 0 Å². The molecule has 2 amide bonds. The average molecular weight is 338 g/mol. The van der Waals surface area contributed by atoms with Crippen molar-refractivity contribution in [3.05, 3.63) is 71.8 Å². The Morgan fingerprint density at radius 1 is 0.920 bits per heavy atom. The predicted octanol–water partition coefficient (Wildman–Crippen LogP) is 3.17. The van der Waals surface area contributed by atoms with Crippen LogP contribution in [0.4, 0.5) is 0 Å². The SMILES string of the molecule is CCNC(=O)C(CC)N(Cc1ccccc1)C(=O)Cc1ccccc1. The second-order valence-corrected chi connectivity index (χ2v) is 5.99. The van der Waals surface area contributed by atoms with E-state index >= 15 is 0 Å². The van der Waals surface area contributed by atoms with Crippen molar-refractivity contribution in [1.82, 2.24) is 10.2 Å². The number of benzene rings is 2. The van der Waals surface area contributed by atoms with E-state index in [1.807, 2.05) is 74.5 Å². The van der Waals surface area contributed by atoms with Crippen LogP contribution in [-0.4, -0.2) is 29.3 Å². The van der Waals surface area contributed by atoms with Gasteiger partial charge in [-0.2, -0.15) is 0 Å². The van der Waals surface area contributed by atoms with Crippen LogP contribution < -0.4 is 5.32 Å². The Labute approximate surface area is 149 Å². The summed E-state index contributed by atoms with van der Waals surface area (Å²) < 4.78 is 0. The molecule has 0 saturated heterocycles. The highest BCUT2D eigenvalue weighted by molar-refractivity contribution is 5.88. The zero-order chi connectivity index (χ0) is 18.1. The van der Waals surface area contributed by atoms with Gasteiger partial charge in [0.25, 0.3) is 0 Å². The minimum absolute atomic E-state index is 0.0341. The second kappa shape index (κ2) is 9.62. The van der Waals surface area contributed by atoms with Crippen molar-refractivity contribution in [1.29, 1.82) is 0 Å². The third kappa shape index (κ3) is 5.45. The summed E-state index contributed by atoms with van der Waals surface area (Å²) in [5, 5.41) is 2.85. The van der Waals surface area contributed by atoms with E-state index in [9.17, 15) is 9.59 Å². The van der Waals surface area contributed by atoms with Crippen LogP contribution in [0.25, 0.3) is 0 Å². The van der Waals surface area contributed by atoms with E-state index in [-0.39, 0.29) is 11.8 Å². The van der Waals surface area contributed by atoms with Gasteiger partial charge >= 0.3 is 0 Å². The highest BCUT2D eigenvalue weighted by Crippen LogP contribution is 2.14. The molecule has 2 aromatic rings. The van der Waals surface area contributed by atoms with Crippen LogP contribution in [0.15, 0.2) is 60.7 Å². The van der Waals surface area contributed by atoms with Crippen LogP contribution in [0.1, 0.15) is 31.4 Å². The van der Waals surface area contributed by atoms with Crippen molar-refractivity contribution >= 4 is 11.8 Å². The number of amides is 2. The monoisotopic (exact) mass is 338 g/mol. The normalized spacial score (nSPS) is 11.6. The summed E-state index contributed by atoms with van der Waals surface area (Å²) in [6.07, 6.45) is 0.878. The number of hydrogen-bond donors (Lipinski definition) is 1. The first-order valence-electron chi connectivity index (χ1n) is 8.80. The van der Waals surface area contributed by atoms with E-state index in [0.29, 0.717) is 25.9 Å². The molecule has 0 aromatic heterocycles. The maximum atomic E-state index is 13.0. The highest BCUT2D eigenvalue weighted by atomic mass is 16.2. The molecule has 0 aliphatic rings. The summed E-state index contributed by atoms with van der Waals surface area (Å²) >= 11 is 0. The largest absolute Gasteiger partial charge is 0.355 e. The standard InChI is InChI=1S/C21H26N2O2/c1-3-19(21(25)22-4-2)23(16-18-13-9-6-10-14-18)20(24)15-17-11-7-5-8-12-17/h5-14,19H,3-4,15-16H2,1-2H3,(H,22,25). The Kier molecular flexibility index (Phi) is 7.20. The summed E-state index contributed by atoms with van der Waals surface area (Å²) in [5.74, 6) is -0.129. The summed E-state index contributed by atoms with van der Waals surface area (Å²) in [7, 11) is 0. The molecule has 1 N–H and O–H groups in total. The quantitative estimate of drug-likeness (QED) is 0.804. The number of likely N-dealkylation sites (N-methyl/N-ethyl adjacent to an activating group) is 1. The smallest absolute Gasteiger partial charge is 0.242 e. The zero-order valence-corrected chi connectivity index (χ0v) is 14.9. The van der Waals surface area contributed by atoms with E-state index in [0.717, 1.165) is 11.1 Å². The maximum Gasteiger partial charge on any atom is 0.242 e. The summed E-state index contributed by atoms with van der Waals surface area (Å²) in [4.78, 5) is 27.1. The van der Waals surface area contributed by atoms with Gasteiger partial charge in [-0.1, -0.05) is 67.6 Å². The number of carbonyl (C=O) groups is 2. The fourth-order valence-corrected chi connectivity index (χ4v) is 2.86. The highest BCUT2D eigenvalue weighted by Gasteiger charge is 2.28. The predicted molar refractivity (Wildman–Crippen MR) is 99.9 cm³/mol. The van der Waals surface area contributed by atoms with Crippen LogP contribution in [0.2, 0.25) is 0 Å². The van der Waals surface area contributed by atoms with Crippen LogP contribution in [0.3, 0.4) is 0 Å². The molecule has 1 unspecified atom stereocenters. The zero-order valence-electron chi connectivity index (χ0n) is 14.9. The third-order valence-corrected chi connectivity index (χ3v) is 4.13. The Hall–Kier alpha value is -2.62. The number of nitrogens with one attached hydrogen (secondary N) is 1. The van der Waals surface area contributed by atoms with Gasteiger partial charge < -0.3 is 10.2 Å². The molecule has 0 spiro atoms. The Morgan fingerprint density at radius 2 is 1.48 bits per heavy atom. The molecule has 0 fully saturated rings. The van der Waals surface area contributed by atoms with Gasteiger partial charge in [-0.25, -0.2) is 0 Å². The molecule has 0 aliphatic carbocycles. The average Bonchev–Trinajstić information content (AvgIpc) is 2.63. The van der Waals surface area contributed by atoms with Gasteiger partial charge in [-0.15, -0.1) is 0 Å². The molecule has 1 atom stereocenters. The molecule has 132 valence electrons. The Bertz CT molecular complexity index is 671. The maximum absolute atomic E-state index is 13.0. The summed E-state index contributed by atoms with van der Waals surface area (Å²) in [6, 6.07) is 19.0. The molecule has 4 nitrogen and oxygen atoms in total. The topological polar surface area (TPSA) is 49.4 Å². The molecule has 0 radical (unpaired) electrons. The van der Waals surface area contributed by atoms with Gasteiger partial charge in [0.05, 0.1) is 6.42 Å². The molecular weight excluding hydrogens is 312 g/mol. The second-order valence-electron chi connectivity index (χ2n) is 5.99. The molecule has 4 heteroatoms. The van der Waals surface area contributed by atoms with Crippen LogP contribution in [-0.2, 0) is 22.6 Å². The minimum Gasteiger partial charge on any atom is -0.355 e. The molecule has 2 aromatic carbocycles. The van der Waals surface area contributed by atoms with Gasteiger partial charge in [-0.3, -0.25) is 9.59 Å². The fourth-order valence-electron chi connectivity index (χ4n) is 2.86. The molecule has 0 bridgehead atoms. The van der Waals surface area contributed by atoms with Crippen LogP contribution >= 0.6 is 0 Å². The minimum atomic E-state index is -0.462. The first-order valence-corrected chi connectivity index (χ1v) is 8.80. The van der Waals surface area contributed by atoms with E-state index < -0.39 is 6.04 Å². The first-order chi connectivity index (χ1) is 12.2. The molecular formula is C21H26N2O2. The molecule has 25 heavy (non-hydrogen) atoms. The lowest BCUT2D eigenvalue weighted by molar-refractivity contribution is -0.140. The lowest BCUT2D eigenvalue weighted by Gasteiger charge is -2.30. The summed E-state index contributed by atoms with van der Waals surface area (Å²) in [5.41, 5.74) is 1.97. The van der Waals surface area contributed by atoms with Crippen molar-refractivity contribution in [2.45, 2.75) is 39.3 Å². The van der Waals surface area contributed by atoms with Crippen molar-refractivity contribution in [3.8, 4) is 0 Å². The van der Waals surface area contributed by atoms with E-state index in [2.05, 4.69) is 5.32 Å². The lowest BCUT2D eigenvalue weighted by atomic mass is 10.1. The fraction of sp³-hybridized carbons (Fsp3) is 0.333. The Morgan fingerprint density at radius 3 is 2.00 bits per heavy atom. The first kappa shape index (κ1) is 18.7. The molecule has 0 heterocycles. The molecule has 2 rings (SSSR count). The van der Waals surface area contributed by atoms with Gasteiger partial charge in [-0.05, 0) is 24.5 Å². The number of carbonyl (C=O) groups excluding carboxylic acids is 2. The number of nitrogens with zero attached hydrogens (tertiary/aromatic N) is 1. The van der Waals surface area contributed by atoms with Gasteiger partial charge in [0.15, 0.2) is 0 Å².